The first-order chi connectivity index (χ1) is 10.6. The molecule has 5 nitrogen and oxygen atoms in total. The number of amides is 2. The summed E-state index contributed by atoms with van der Waals surface area (Å²) in [5.41, 5.74) is 0.664. The summed E-state index contributed by atoms with van der Waals surface area (Å²) in [5.74, 6) is 0.349. The second-order valence-corrected chi connectivity index (χ2v) is 5.73. The average molecular weight is 318 g/mol. The number of thiophene rings is 1. The molecule has 0 aliphatic carbocycles. The van der Waals surface area contributed by atoms with E-state index in [4.69, 9.17) is 4.74 Å². The van der Waals surface area contributed by atoms with E-state index < -0.39 is 0 Å². The van der Waals surface area contributed by atoms with Crippen molar-refractivity contribution < 1.29 is 14.3 Å². The van der Waals surface area contributed by atoms with Crippen molar-refractivity contribution in [3.05, 3.63) is 46.7 Å². The van der Waals surface area contributed by atoms with Crippen LogP contribution in [-0.2, 0) is 9.59 Å². The van der Waals surface area contributed by atoms with Crippen LogP contribution in [-0.4, -0.2) is 18.9 Å². The zero-order chi connectivity index (χ0) is 15.9. The van der Waals surface area contributed by atoms with Crippen molar-refractivity contribution in [1.82, 2.24) is 5.32 Å². The summed E-state index contributed by atoms with van der Waals surface area (Å²) >= 11 is 1.51. The molecule has 1 aromatic carbocycles. The van der Waals surface area contributed by atoms with E-state index in [2.05, 4.69) is 10.6 Å². The van der Waals surface area contributed by atoms with E-state index in [1.165, 1.54) is 18.3 Å². The first kappa shape index (κ1) is 16.0. The first-order valence-electron chi connectivity index (χ1n) is 6.83. The van der Waals surface area contributed by atoms with Gasteiger partial charge in [-0.15, -0.1) is 11.3 Å². The Hall–Kier alpha value is -2.34. The molecule has 0 saturated heterocycles. The molecule has 0 aliphatic heterocycles. The van der Waals surface area contributed by atoms with Gasteiger partial charge in [-0.25, -0.2) is 0 Å². The molecular formula is C16H18N2O3S. The van der Waals surface area contributed by atoms with Gasteiger partial charge in [-0.1, -0.05) is 12.1 Å². The molecular weight excluding hydrogens is 300 g/mol. The number of nitrogens with one attached hydrogen (secondary N) is 2. The van der Waals surface area contributed by atoms with E-state index in [-0.39, 0.29) is 24.3 Å². The highest BCUT2D eigenvalue weighted by Crippen LogP contribution is 2.23. The lowest BCUT2D eigenvalue weighted by Gasteiger charge is -2.16. The van der Waals surface area contributed by atoms with Crippen LogP contribution in [0.1, 0.15) is 24.3 Å². The summed E-state index contributed by atoms with van der Waals surface area (Å²) in [6.07, 6.45) is 0.178. The van der Waals surface area contributed by atoms with Gasteiger partial charge in [0.1, 0.15) is 5.75 Å². The monoisotopic (exact) mass is 318 g/mol. The smallest absolute Gasteiger partial charge is 0.226 e. The molecule has 0 saturated carbocycles. The van der Waals surface area contributed by atoms with Gasteiger partial charge in [0.15, 0.2) is 0 Å². The lowest BCUT2D eigenvalue weighted by molar-refractivity contribution is -0.120. The van der Waals surface area contributed by atoms with Crippen LogP contribution in [0, 0.1) is 0 Å². The van der Waals surface area contributed by atoms with Crippen molar-refractivity contribution in [3.8, 4) is 5.75 Å². The number of hydrogen-bond acceptors (Lipinski definition) is 4. The van der Waals surface area contributed by atoms with Crippen LogP contribution in [0.2, 0.25) is 0 Å². The molecule has 2 aromatic rings. The molecule has 2 amide bonds. The van der Waals surface area contributed by atoms with Gasteiger partial charge in [0.2, 0.25) is 11.8 Å². The van der Waals surface area contributed by atoms with Crippen LogP contribution in [0.25, 0.3) is 0 Å². The van der Waals surface area contributed by atoms with Crippen molar-refractivity contribution in [2.75, 3.05) is 12.4 Å². The van der Waals surface area contributed by atoms with Crippen molar-refractivity contribution in [2.24, 2.45) is 0 Å². The van der Waals surface area contributed by atoms with Crippen LogP contribution in [0.15, 0.2) is 41.8 Å². The van der Waals surface area contributed by atoms with E-state index in [0.717, 1.165) is 4.88 Å². The molecule has 0 spiro atoms. The Bertz CT molecular complexity index is 641. The molecule has 1 heterocycles. The lowest BCUT2D eigenvalue weighted by atomic mass is 10.1. The number of anilines is 1. The first-order valence-corrected chi connectivity index (χ1v) is 7.71. The summed E-state index contributed by atoms with van der Waals surface area (Å²) in [7, 11) is 1.57. The Morgan fingerprint density at radius 1 is 1.27 bits per heavy atom. The van der Waals surface area contributed by atoms with Gasteiger partial charge in [-0.3, -0.25) is 9.59 Å². The summed E-state index contributed by atoms with van der Waals surface area (Å²) in [5, 5.41) is 7.54. The number of methoxy groups -OCH3 is 1. The van der Waals surface area contributed by atoms with Gasteiger partial charge in [0.05, 0.1) is 19.6 Å². The highest BCUT2D eigenvalue weighted by atomic mass is 32.1. The fourth-order valence-electron chi connectivity index (χ4n) is 2.06. The van der Waals surface area contributed by atoms with Crippen molar-refractivity contribution >= 4 is 28.8 Å². The maximum Gasteiger partial charge on any atom is 0.226 e. The zero-order valence-electron chi connectivity index (χ0n) is 12.5. The third kappa shape index (κ3) is 4.60. The largest absolute Gasteiger partial charge is 0.497 e. The molecule has 0 bridgehead atoms. The minimum atomic E-state index is -0.317. The molecule has 6 heteroatoms. The predicted molar refractivity (Wildman–Crippen MR) is 87.1 cm³/mol. The maximum absolute atomic E-state index is 12.2. The number of rotatable bonds is 6. The summed E-state index contributed by atoms with van der Waals surface area (Å²) in [4.78, 5) is 24.5. The fourth-order valence-corrected chi connectivity index (χ4v) is 2.83. The topological polar surface area (TPSA) is 67.4 Å². The third-order valence-corrected chi connectivity index (χ3v) is 3.99. The van der Waals surface area contributed by atoms with E-state index in [1.807, 2.05) is 17.5 Å². The van der Waals surface area contributed by atoms with E-state index >= 15 is 0 Å². The number of hydrogen-bond donors (Lipinski definition) is 2. The minimum absolute atomic E-state index is 0.160. The Morgan fingerprint density at radius 2 is 2.09 bits per heavy atom. The number of benzene rings is 1. The fraction of sp³-hybridized carbons (Fsp3) is 0.250. The number of carbonyl (C=O) groups is 2. The second-order valence-electron chi connectivity index (χ2n) is 4.75. The molecule has 0 radical (unpaired) electrons. The molecule has 0 fully saturated rings. The summed E-state index contributed by atoms with van der Waals surface area (Å²) in [6, 6.07) is 10.6. The molecule has 1 aromatic heterocycles. The SMILES string of the molecule is COc1cccc(NC(=O)C[C@H](NC(C)=O)c2cccs2)c1. The van der Waals surface area contributed by atoms with Gasteiger partial charge in [0.25, 0.3) is 0 Å². The Balaban J connectivity index is 2.03. The standard InChI is InChI=1S/C16H18N2O3S/c1-11(19)17-14(15-7-4-8-22-15)10-16(20)18-12-5-3-6-13(9-12)21-2/h3-9,14H,10H2,1-2H3,(H,17,19)(H,18,20)/t14-/m0/s1. The minimum Gasteiger partial charge on any atom is -0.497 e. The average Bonchev–Trinajstić information content (AvgIpc) is 3.00. The van der Waals surface area contributed by atoms with Crippen LogP contribution >= 0.6 is 11.3 Å². The predicted octanol–water partition coefficient (Wildman–Crippen LogP) is 2.96. The molecule has 1 atom stereocenters. The molecule has 22 heavy (non-hydrogen) atoms. The van der Waals surface area contributed by atoms with E-state index in [1.54, 1.807) is 31.4 Å². The Morgan fingerprint density at radius 3 is 2.73 bits per heavy atom. The van der Waals surface area contributed by atoms with E-state index in [0.29, 0.717) is 11.4 Å². The Kier molecular flexibility index (Phi) is 5.55. The summed E-state index contributed by atoms with van der Waals surface area (Å²) in [6.45, 7) is 1.45. The maximum atomic E-state index is 12.2. The quantitative estimate of drug-likeness (QED) is 0.860. The van der Waals surface area contributed by atoms with Crippen molar-refractivity contribution in [2.45, 2.75) is 19.4 Å². The number of ether oxygens (including phenoxy) is 1. The van der Waals surface area contributed by atoms with Gasteiger partial charge in [-0.2, -0.15) is 0 Å². The van der Waals surface area contributed by atoms with Crippen molar-refractivity contribution in [1.29, 1.82) is 0 Å². The molecule has 2 N–H and O–H groups in total. The second kappa shape index (κ2) is 7.61. The van der Waals surface area contributed by atoms with Crippen LogP contribution in [0.3, 0.4) is 0 Å². The number of carbonyl (C=O) groups excluding carboxylic acids is 2. The molecule has 0 aliphatic rings. The zero-order valence-corrected chi connectivity index (χ0v) is 13.3. The van der Waals surface area contributed by atoms with Crippen LogP contribution in [0.5, 0.6) is 5.75 Å². The molecule has 2 rings (SSSR count). The van der Waals surface area contributed by atoms with Gasteiger partial charge >= 0.3 is 0 Å². The summed E-state index contributed by atoms with van der Waals surface area (Å²) < 4.78 is 5.12. The highest BCUT2D eigenvalue weighted by Gasteiger charge is 2.18. The lowest BCUT2D eigenvalue weighted by Crippen LogP contribution is -2.29. The van der Waals surface area contributed by atoms with Crippen molar-refractivity contribution in [3.63, 3.8) is 0 Å². The molecule has 116 valence electrons. The normalized spacial score (nSPS) is 11.5. The molecule has 0 unspecified atom stereocenters. The van der Waals surface area contributed by atoms with Gasteiger partial charge in [0, 0.05) is 23.6 Å². The van der Waals surface area contributed by atoms with Gasteiger partial charge in [-0.05, 0) is 23.6 Å². The van der Waals surface area contributed by atoms with Gasteiger partial charge < -0.3 is 15.4 Å². The highest BCUT2D eigenvalue weighted by molar-refractivity contribution is 7.10. The van der Waals surface area contributed by atoms with E-state index in [9.17, 15) is 9.59 Å². The van der Waals surface area contributed by atoms with Crippen LogP contribution in [0.4, 0.5) is 5.69 Å². The Labute approximate surface area is 133 Å². The third-order valence-electron chi connectivity index (χ3n) is 3.01. The van der Waals surface area contributed by atoms with Crippen LogP contribution < -0.4 is 15.4 Å².